The van der Waals surface area contributed by atoms with Crippen molar-refractivity contribution in [2.45, 2.75) is 25.7 Å². The quantitative estimate of drug-likeness (QED) is 0.146. The standard InChI is InChI=1S/C32H28I2O2P2/c33-31(37(35,25-15-5-1-6-16-25)26-17-7-2-8-18-26)29-23-13-14-24-30(29)32(34)38(36,27-19-9-3-10-20-27)28-21-11-4-12-22-28/h1-12,15-22H,13-14,23-24H2/b31-29+,32-30+. The van der Waals surface area contributed by atoms with E-state index in [-0.39, 0.29) is 0 Å². The summed E-state index contributed by atoms with van der Waals surface area (Å²) in [6.07, 6.45) is 3.71. The van der Waals surface area contributed by atoms with Gasteiger partial charge in [-0.3, -0.25) is 0 Å². The Labute approximate surface area is 252 Å². The lowest BCUT2D eigenvalue weighted by atomic mass is 9.92. The van der Waals surface area contributed by atoms with E-state index < -0.39 is 14.3 Å². The lowest BCUT2D eigenvalue weighted by Gasteiger charge is -2.29. The second kappa shape index (κ2) is 12.2. The van der Waals surface area contributed by atoms with Gasteiger partial charge in [0.05, 0.1) is 6.64 Å². The molecular formula is C32H28I2O2P2. The van der Waals surface area contributed by atoms with Crippen molar-refractivity contribution < 1.29 is 9.13 Å². The van der Waals surface area contributed by atoms with E-state index in [9.17, 15) is 0 Å². The molecule has 192 valence electrons. The Bertz CT molecular complexity index is 1360. The minimum absolute atomic E-state index is 0.827. The van der Waals surface area contributed by atoms with Crippen LogP contribution >= 0.6 is 59.5 Å². The summed E-state index contributed by atoms with van der Waals surface area (Å²) >= 11 is 4.68. The molecule has 4 aromatic carbocycles. The summed E-state index contributed by atoms with van der Waals surface area (Å²) in [5.41, 5.74) is 2.20. The van der Waals surface area contributed by atoms with E-state index in [4.69, 9.17) is 0 Å². The van der Waals surface area contributed by atoms with Crippen LogP contribution < -0.4 is 21.2 Å². The molecule has 0 aliphatic heterocycles. The minimum atomic E-state index is -3.12. The molecule has 0 aromatic heterocycles. The first kappa shape index (κ1) is 27.8. The van der Waals surface area contributed by atoms with Crippen LogP contribution in [0.1, 0.15) is 25.7 Å². The summed E-state index contributed by atoms with van der Waals surface area (Å²) in [6, 6.07) is 39.3. The molecule has 38 heavy (non-hydrogen) atoms. The fourth-order valence-electron chi connectivity index (χ4n) is 5.04. The number of rotatable bonds is 6. The molecule has 4 aromatic rings. The Kier molecular flexibility index (Phi) is 8.94. The van der Waals surface area contributed by atoms with Crippen LogP contribution in [0.25, 0.3) is 0 Å². The number of allylic oxidation sites excluding steroid dienone is 2. The number of halogens is 2. The summed E-state index contributed by atoms with van der Waals surface area (Å²) in [5, 5.41) is 3.32. The molecule has 0 unspecified atom stereocenters. The lowest BCUT2D eigenvalue weighted by molar-refractivity contribution is 0.589. The zero-order valence-electron chi connectivity index (χ0n) is 20.8. The molecule has 1 fully saturated rings. The topological polar surface area (TPSA) is 34.1 Å². The van der Waals surface area contributed by atoms with Gasteiger partial charge in [-0.15, -0.1) is 0 Å². The Balaban J connectivity index is 1.79. The first-order valence-corrected chi connectivity index (χ1v) is 18.3. The average Bonchev–Trinajstić information content (AvgIpc) is 3.01. The van der Waals surface area contributed by atoms with E-state index in [0.29, 0.717) is 0 Å². The molecule has 0 spiro atoms. The fourth-order valence-corrected chi connectivity index (χ4v) is 14.7. The molecule has 1 aliphatic carbocycles. The zero-order chi connectivity index (χ0) is 26.6. The number of hydrogen-bond donors (Lipinski definition) is 0. The third kappa shape index (κ3) is 5.22. The normalized spacial score (nSPS) is 17.1. The van der Waals surface area contributed by atoms with E-state index >= 15 is 9.13 Å². The van der Waals surface area contributed by atoms with E-state index in [1.807, 2.05) is 121 Å². The van der Waals surface area contributed by atoms with Crippen molar-refractivity contribution in [3.05, 3.63) is 139 Å². The van der Waals surface area contributed by atoms with Crippen molar-refractivity contribution in [1.29, 1.82) is 0 Å². The number of benzene rings is 4. The molecule has 0 amide bonds. The molecule has 6 heteroatoms. The van der Waals surface area contributed by atoms with Gasteiger partial charge < -0.3 is 9.13 Å². The zero-order valence-corrected chi connectivity index (χ0v) is 26.9. The molecule has 0 atom stereocenters. The van der Waals surface area contributed by atoms with Gasteiger partial charge in [-0.1, -0.05) is 121 Å². The second-order valence-electron chi connectivity index (χ2n) is 9.31. The SMILES string of the molecule is O=P(/C(I)=C1\CCCC\C1=C(\I)P(=O)(c1ccccc1)c1ccccc1)(c1ccccc1)c1ccccc1. The van der Waals surface area contributed by atoms with Crippen LogP contribution in [-0.2, 0) is 9.13 Å². The van der Waals surface area contributed by atoms with Gasteiger partial charge in [0.2, 0.25) is 0 Å². The van der Waals surface area contributed by atoms with Crippen molar-refractivity contribution in [2.75, 3.05) is 0 Å². The fraction of sp³-hybridized carbons (Fsp3) is 0.125. The molecule has 2 nitrogen and oxygen atoms in total. The number of hydrogen-bond acceptors (Lipinski definition) is 2. The average molecular weight is 760 g/mol. The largest absolute Gasteiger partial charge is 0.308 e. The summed E-state index contributed by atoms with van der Waals surface area (Å²) in [7, 11) is -6.24. The highest BCUT2D eigenvalue weighted by Crippen LogP contribution is 2.62. The van der Waals surface area contributed by atoms with Gasteiger partial charge in [-0.05, 0) is 82.0 Å². The predicted molar refractivity (Wildman–Crippen MR) is 180 cm³/mol. The highest BCUT2D eigenvalue weighted by molar-refractivity contribution is 14.1. The molecule has 0 bridgehead atoms. The van der Waals surface area contributed by atoms with Crippen LogP contribution in [0.3, 0.4) is 0 Å². The van der Waals surface area contributed by atoms with Crippen molar-refractivity contribution >= 4 is 80.7 Å². The Morgan fingerprint density at radius 2 is 0.684 bits per heavy atom. The van der Waals surface area contributed by atoms with E-state index in [2.05, 4.69) is 45.2 Å². The van der Waals surface area contributed by atoms with Crippen LogP contribution in [0, 0.1) is 0 Å². The van der Waals surface area contributed by atoms with Gasteiger partial charge >= 0.3 is 0 Å². The van der Waals surface area contributed by atoms with Gasteiger partial charge in [0.1, 0.15) is 0 Å². The molecule has 0 N–H and O–H groups in total. The summed E-state index contributed by atoms with van der Waals surface area (Å²) in [4.78, 5) is 0. The van der Waals surface area contributed by atoms with E-state index in [1.54, 1.807) is 0 Å². The van der Waals surface area contributed by atoms with Crippen LogP contribution in [0.4, 0.5) is 0 Å². The highest BCUT2D eigenvalue weighted by atomic mass is 127. The van der Waals surface area contributed by atoms with Gasteiger partial charge in [0.25, 0.3) is 0 Å². The monoisotopic (exact) mass is 760 g/mol. The van der Waals surface area contributed by atoms with Gasteiger partial charge in [0, 0.05) is 21.2 Å². The molecule has 1 aliphatic rings. The maximum atomic E-state index is 15.2. The van der Waals surface area contributed by atoms with Crippen LogP contribution in [-0.4, -0.2) is 0 Å². The highest BCUT2D eigenvalue weighted by Gasteiger charge is 2.38. The summed E-state index contributed by atoms with van der Waals surface area (Å²) in [6.45, 7) is 0. The van der Waals surface area contributed by atoms with E-state index in [1.165, 1.54) is 0 Å². The van der Waals surface area contributed by atoms with E-state index in [0.717, 1.165) is 64.7 Å². The van der Waals surface area contributed by atoms with Crippen molar-refractivity contribution in [3.63, 3.8) is 0 Å². The van der Waals surface area contributed by atoms with Gasteiger partial charge in [-0.2, -0.15) is 0 Å². The van der Waals surface area contributed by atoms with Crippen LogP contribution in [0.2, 0.25) is 0 Å². The first-order valence-electron chi connectivity index (χ1n) is 12.7. The van der Waals surface area contributed by atoms with Crippen LogP contribution in [0.15, 0.2) is 139 Å². The molecule has 0 radical (unpaired) electrons. The molecular weight excluding hydrogens is 732 g/mol. The molecule has 0 saturated heterocycles. The third-order valence-corrected chi connectivity index (χ3v) is 18.1. The van der Waals surface area contributed by atoms with Gasteiger partial charge in [0.15, 0.2) is 14.3 Å². The summed E-state index contributed by atoms with van der Waals surface area (Å²) < 4.78 is 32.2. The molecule has 1 saturated carbocycles. The molecule has 0 heterocycles. The first-order chi connectivity index (χ1) is 18.5. The smallest absolute Gasteiger partial charge is 0.177 e. The summed E-state index contributed by atoms with van der Waals surface area (Å²) in [5.74, 6) is 0. The Morgan fingerprint density at radius 3 is 0.921 bits per heavy atom. The van der Waals surface area contributed by atoms with Crippen molar-refractivity contribution in [1.82, 2.24) is 0 Å². The Hall–Kier alpha value is -1.72. The third-order valence-electron chi connectivity index (χ3n) is 7.00. The van der Waals surface area contributed by atoms with Gasteiger partial charge in [-0.25, -0.2) is 0 Å². The molecule has 5 rings (SSSR count). The lowest BCUT2D eigenvalue weighted by Crippen LogP contribution is -2.19. The van der Waals surface area contributed by atoms with Crippen molar-refractivity contribution in [2.24, 2.45) is 0 Å². The van der Waals surface area contributed by atoms with Crippen LogP contribution in [0.5, 0.6) is 0 Å². The second-order valence-corrected chi connectivity index (χ2v) is 18.6. The predicted octanol–water partition coefficient (Wildman–Crippen LogP) is 8.88. The maximum Gasteiger partial charge on any atom is 0.177 e. The Morgan fingerprint density at radius 1 is 0.447 bits per heavy atom. The minimum Gasteiger partial charge on any atom is -0.308 e. The van der Waals surface area contributed by atoms with Crippen molar-refractivity contribution in [3.8, 4) is 0 Å². The maximum absolute atomic E-state index is 15.2.